The van der Waals surface area contributed by atoms with Crippen LogP contribution >= 0.6 is 27.7 Å². The first kappa shape index (κ1) is 15.1. The molecule has 0 bridgehead atoms. The standard InChI is InChI=1S/C14H22BrNS/c1-12-6-7-13(14(15)10-12)11-16-8-4-3-5-9-17-2/h6-7,10,16H,3-5,8-9,11H2,1-2H3. The summed E-state index contributed by atoms with van der Waals surface area (Å²) in [4.78, 5) is 0. The fourth-order valence-corrected chi connectivity index (χ4v) is 2.82. The third-order valence-electron chi connectivity index (χ3n) is 2.73. The molecule has 0 heterocycles. The number of nitrogens with one attached hydrogen (secondary N) is 1. The summed E-state index contributed by atoms with van der Waals surface area (Å²) in [5, 5.41) is 3.50. The Morgan fingerprint density at radius 2 is 2.06 bits per heavy atom. The smallest absolute Gasteiger partial charge is 0.0222 e. The molecule has 0 saturated heterocycles. The predicted molar refractivity (Wildman–Crippen MR) is 82.8 cm³/mol. The molecule has 1 nitrogen and oxygen atoms in total. The van der Waals surface area contributed by atoms with Crippen LogP contribution in [0.25, 0.3) is 0 Å². The first-order chi connectivity index (χ1) is 8.24. The molecule has 0 aliphatic rings. The van der Waals surface area contributed by atoms with Gasteiger partial charge in [0.15, 0.2) is 0 Å². The molecule has 3 heteroatoms. The van der Waals surface area contributed by atoms with Crippen LogP contribution in [0.15, 0.2) is 22.7 Å². The lowest BCUT2D eigenvalue weighted by molar-refractivity contribution is 0.618. The molecular formula is C14H22BrNS. The van der Waals surface area contributed by atoms with E-state index in [0.29, 0.717) is 0 Å². The van der Waals surface area contributed by atoms with E-state index in [0.717, 1.165) is 13.1 Å². The Hall–Kier alpha value is 0.01000. The Morgan fingerprint density at radius 3 is 2.76 bits per heavy atom. The van der Waals surface area contributed by atoms with Gasteiger partial charge in [-0.15, -0.1) is 0 Å². The number of unbranched alkanes of at least 4 members (excludes halogenated alkanes) is 2. The van der Waals surface area contributed by atoms with Gasteiger partial charge in [-0.3, -0.25) is 0 Å². The highest BCUT2D eigenvalue weighted by atomic mass is 79.9. The minimum Gasteiger partial charge on any atom is -0.313 e. The Morgan fingerprint density at radius 1 is 1.24 bits per heavy atom. The van der Waals surface area contributed by atoms with Crippen LogP contribution in [0.1, 0.15) is 30.4 Å². The quantitative estimate of drug-likeness (QED) is 0.714. The summed E-state index contributed by atoms with van der Waals surface area (Å²) >= 11 is 5.55. The SMILES string of the molecule is CSCCCCCNCc1ccc(C)cc1Br. The molecule has 17 heavy (non-hydrogen) atoms. The zero-order valence-electron chi connectivity index (χ0n) is 10.8. The van der Waals surface area contributed by atoms with E-state index in [1.807, 2.05) is 11.8 Å². The van der Waals surface area contributed by atoms with E-state index in [2.05, 4.69) is 52.6 Å². The number of aryl methyl sites for hydroxylation is 1. The van der Waals surface area contributed by atoms with Gasteiger partial charge in [0.2, 0.25) is 0 Å². The molecule has 0 fully saturated rings. The molecule has 0 aromatic heterocycles. The van der Waals surface area contributed by atoms with Gasteiger partial charge >= 0.3 is 0 Å². The van der Waals surface area contributed by atoms with Crippen molar-refractivity contribution in [2.24, 2.45) is 0 Å². The predicted octanol–water partition coefficient (Wildman–Crippen LogP) is 4.38. The lowest BCUT2D eigenvalue weighted by atomic mass is 10.1. The van der Waals surface area contributed by atoms with Gasteiger partial charge < -0.3 is 5.32 Å². The topological polar surface area (TPSA) is 12.0 Å². The molecule has 0 saturated carbocycles. The molecule has 0 atom stereocenters. The highest BCUT2D eigenvalue weighted by Crippen LogP contribution is 2.18. The van der Waals surface area contributed by atoms with E-state index in [-0.39, 0.29) is 0 Å². The van der Waals surface area contributed by atoms with E-state index in [1.165, 1.54) is 40.6 Å². The summed E-state index contributed by atoms with van der Waals surface area (Å²) in [7, 11) is 0. The lowest BCUT2D eigenvalue weighted by Gasteiger charge is -2.07. The molecule has 1 aromatic carbocycles. The molecule has 1 N–H and O–H groups in total. The number of thioether (sulfide) groups is 1. The van der Waals surface area contributed by atoms with Gasteiger partial charge in [0, 0.05) is 11.0 Å². The van der Waals surface area contributed by atoms with Gasteiger partial charge in [-0.2, -0.15) is 11.8 Å². The van der Waals surface area contributed by atoms with Gasteiger partial charge in [-0.05, 0) is 55.5 Å². The van der Waals surface area contributed by atoms with Crippen molar-refractivity contribution < 1.29 is 0 Å². The average molecular weight is 316 g/mol. The van der Waals surface area contributed by atoms with Crippen LogP contribution in [-0.2, 0) is 6.54 Å². The van der Waals surface area contributed by atoms with Crippen molar-refractivity contribution in [2.75, 3.05) is 18.6 Å². The molecule has 0 aliphatic carbocycles. The van der Waals surface area contributed by atoms with Crippen molar-refractivity contribution in [1.82, 2.24) is 5.32 Å². The van der Waals surface area contributed by atoms with Gasteiger partial charge in [0.05, 0.1) is 0 Å². The number of hydrogen-bond donors (Lipinski definition) is 1. The summed E-state index contributed by atoms with van der Waals surface area (Å²) < 4.78 is 1.22. The number of halogens is 1. The first-order valence-corrected chi connectivity index (χ1v) is 8.37. The zero-order chi connectivity index (χ0) is 12.5. The highest BCUT2D eigenvalue weighted by molar-refractivity contribution is 9.10. The summed E-state index contributed by atoms with van der Waals surface area (Å²) in [5.41, 5.74) is 2.65. The maximum absolute atomic E-state index is 3.61. The first-order valence-electron chi connectivity index (χ1n) is 6.18. The van der Waals surface area contributed by atoms with Crippen LogP contribution in [0.4, 0.5) is 0 Å². The van der Waals surface area contributed by atoms with Crippen LogP contribution in [-0.4, -0.2) is 18.6 Å². The lowest BCUT2D eigenvalue weighted by Crippen LogP contribution is -2.15. The molecule has 1 rings (SSSR count). The molecule has 96 valence electrons. The highest BCUT2D eigenvalue weighted by Gasteiger charge is 1.99. The van der Waals surface area contributed by atoms with Crippen molar-refractivity contribution in [3.8, 4) is 0 Å². The Balaban J connectivity index is 2.14. The number of rotatable bonds is 8. The number of hydrogen-bond acceptors (Lipinski definition) is 2. The summed E-state index contributed by atoms with van der Waals surface area (Å²) in [6.07, 6.45) is 6.14. The fourth-order valence-electron chi connectivity index (χ4n) is 1.69. The maximum atomic E-state index is 3.61. The van der Waals surface area contributed by atoms with E-state index >= 15 is 0 Å². The van der Waals surface area contributed by atoms with Crippen LogP contribution in [0, 0.1) is 6.92 Å². The van der Waals surface area contributed by atoms with Crippen molar-refractivity contribution in [3.63, 3.8) is 0 Å². The van der Waals surface area contributed by atoms with Crippen molar-refractivity contribution in [2.45, 2.75) is 32.7 Å². The van der Waals surface area contributed by atoms with Crippen LogP contribution in [0.2, 0.25) is 0 Å². The van der Waals surface area contributed by atoms with Gasteiger partial charge in [-0.1, -0.05) is 34.5 Å². The maximum Gasteiger partial charge on any atom is 0.0222 e. The second kappa shape index (κ2) is 9.01. The molecule has 0 unspecified atom stereocenters. The zero-order valence-corrected chi connectivity index (χ0v) is 13.2. The normalized spacial score (nSPS) is 10.8. The average Bonchev–Trinajstić information content (AvgIpc) is 2.30. The van der Waals surface area contributed by atoms with E-state index in [9.17, 15) is 0 Å². The van der Waals surface area contributed by atoms with Crippen molar-refractivity contribution in [3.05, 3.63) is 33.8 Å². The van der Waals surface area contributed by atoms with Crippen LogP contribution in [0.3, 0.4) is 0 Å². The third-order valence-corrected chi connectivity index (χ3v) is 4.16. The van der Waals surface area contributed by atoms with Crippen molar-refractivity contribution in [1.29, 1.82) is 0 Å². The minimum atomic E-state index is 0.962. The van der Waals surface area contributed by atoms with E-state index < -0.39 is 0 Å². The monoisotopic (exact) mass is 315 g/mol. The van der Waals surface area contributed by atoms with Gasteiger partial charge in [0.25, 0.3) is 0 Å². The second-order valence-corrected chi connectivity index (χ2v) is 6.17. The van der Waals surface area contributed by atoms with Gasteiger partial charge in [-0.25, -0.2) is 0 Å². The fraction of sp³-hybridized carbons (Fsp3) is 0.571. The summed E-state index contributed by atoms with van der Waals surface area (Å²) in [6.45, 7) is 4.20. The Labute approximate surface area is 118 Å². The van der Waals surface area contributed by atoms with E-state index in [1.54, 1.807) is 0 Å². The third kappa shape index (κ3) is 6.49. The van der Waals surface area contributed by atoms with Crippen molar-refractivity contribution >= 4 is 27.7 Å². The Kier molecular flexibility index (Phi) is 7.99. The van der Waals surface area contributed by atoms with Crippen LogP contribution < -0.4 is 5.32 Å². The largest absolute Gasteiger partial charge is 0.313 e. The Bertz CT molecular complexity index is 328. The molecule has 0 aliphatic heterocycles. The molecular weight excluding hydrogens is 294 g/mol. The number of benzene rings is 1. The molecule has 0 amide bonds. The summed E-state index contributed by atoms with van der Waals surface area (Å²) in [6, 6.07) is 6.54. The minimum absolute atomic E-state index is 0.962. The molecule has 0 radical (unpaired) electrons. The van der Waals surface area contributed by atoms with Gasteiger partial charge in [0.1, 0.15) is 0 Å². The van der Waals surface area contributed by atoms with E-state index in [4.69, 9.17) is 0 Å². The van der Waals surface area contributed by atoms with Crippen LogP contribution in [0.5, 0.6) is 0 Å². The molecule has 1 aromatic rings. The molecule has 0 spiro atoms. The summed E-state index contributed by atoms with van der Waals surface area (Å²) in [5.74, 6) is 1.30. The second-order valence-electron chi connectivity index (χ2n) is 4.33.